The standard InChI is InChI=1S/C16H17FN2O2/c1-19(9-8-12-2-5-14(17)6-3-12)11-15-7-4-13(10-18-15)16(20)21/h2-7,10H,8-9,11H2,1H3,(H,20,21). The van der Waals surface area contributed by atoms with Gasteiger partial charge in [0.05, 0.1) is 11.3 Å². The molecule has 2 aromatic rings. The minimum Gasteiger partial charge on any atom is -0.478 e. The average Bonchev–Trinajstić information content (AvgIpc) is 2.47. The van der Waals surface area contributed by atoms with Gasteiger partial charge in [0.25, 0.3) is 0 Å². The number of carboxylic acid groups (broad SMARTS) is 1. The molecular formula is C16H17FN2O2. The summed E-state index contributed by atoms with van der Waals surface area (Å²) in [4.78, 5) is 17.0. The van der Waals surface area contributed by atoms with Crippen LogP contribution in [0.5, 0.6) is 0 Å². The zero-order chi connectivity index (χ0) is 15.2. The van der Waals surface area contributed by atoms with E-state index in [2.05, 4.69) is 9.88 Å². The molecule has 0 aliphatic heterocycles. The number of likely N-dealkylation sites (N-methyl/N-ethyl adjacent to an activating group) is 1. The highest BCUT2D eigenvalue weighted by Crippen LogP contribution is 2.06. The minimum absolute atomic E-state index is 0.188. The molecule has 0 saturated carbocycles. The van der Waals surface area contributed by atoms with Crippen LogP contribution in [-0.2, 0) is 13.0 Å². The molecule has 21 heavy (non-hydrogen) atoms. The third kappa shape index (κ3) is 4.65. The lowest BCUT2D eigenvalue weighted by atomic mass is 10.1. The van der Waals surface area contributed by atoms with Gasteiger partial charge in [-0.25, -0.2) is 9.18 Å². The van der Waals surface area contributed by atoms with Crippen LogP contribution in [-0.4, -0.2) is 34.6 Å². The van der Waals surface area contributed by atoms with Gasteiger partial charge in [0, 0.05) is 19.3 Å². The summed E-state index contributed by atoms with van der Waals surface area (Å²) >= 11 is 0. The number of rotatable bonds is 6. The molecule has 0 radical (unpaired) electrons. The summed E-state index contributed by atoms with van der Waals surface area (Å²) in [5, 5.41) is 8.81. The van der Waals surface area contributed by atoms with E-state index < -0.39 is 5.97 Å². The molecule has 0 atom stereocenters. The number of carboxylic acids is 1. The van der Waals surface area contributed by atoms with Crippen molar-refractivity contribution in [1.82, 2.24) is 9.88 Å². The van der Waals surface area contributed by atoms with Crippen molar-refractivity contribution < 1.29 is 14.3 Å². The van der Waals surface area contributed by atoms with E-state index >= 15 is 0 Å². The Balaban J connectivity index is 1.85. The SMILES string of the molecule is CN(CCc1ccc(F)cc1)Cc1ccc(C(=O)O)cn1. The normalized spacial score (nSPS) is 10.8. The van der Waals surface area contributed by atoms with E-state index in [1.807, 2.05) is 7.05 Å². The van der Waals surface area contributed by atoms with Gasteiger partial charge in [-0.1, -0.05) is 12.1 Å². The van der Waals surface area contributed by atoms with Crippen molar-refractivity contribution >= 4 is 5.97 Å². The monoisotopic (exact) mass is 288 g/mol. The topological polar surface area (TPSA) is 53.4 Å². The second-order valence-corrected chi connectivity index (χ2v) is 4.96. The van der Waals surface area contributed by atoms with E-state index in [-0.39, 0.29) is 11.4 Å². The lowest BCUT2D eigenvalue weighted by Gasteiger charge is -2.16. The van der Waals surface area contributed by atoms with E-state index in [1.165, 1.54) is 18.3 Å². The van der Waals surface area contributed by atoms with Crippen LogP contribution < -0.4 is 0 Å². The first kappa shape index (κ1) is 15.1. The maximum absolute atomic E-state index is 12.8. The molecule has 1 heterocycles. The Morgan fingerprint density at radius 3 is 2.52 bits per heavy atom. The van der Waals surface area contributed by atoms with E-state index in [9.17, 15) is 9.18 Å². The quantitative estimate of drug-likeness (QED) is 0.887. The van der Waals surface area contributed by atoms with Crippen LogP contribution in [0, 0.1) is 5.82 Å². The molecule has 5 heteroatoms. The lowest BCUT2D eigenvalue weighted by molar-refractivity contribution is 0.0696. The second-order valence-electron chi connectivity index (χ2n) is 4.96. The molecule has 0 aliphatic carbocycles. The van der Waals surface area contributed by atoms with E-state index in [1.54, 1.807) is 24.3 Å². The molecule has 0 amide bonds. The van der Waals surface area contributed by atoms with Crippen LogP contribution in [0.4, 0.5) is 4.39 Å². The Labute approximate surface area is 122 Å². The molecule has 0 aliphatic rings. The first-order valence-corrected chi connectivity index (χ1v) is 6.66. The molecule has 0 unspecified atom stereocenters. The minimum atomic E-state index is -0.973. The third-order valence-electron chi connectivity index (χ3n) is 3.20. The fraction of sp³-hybridized carbons (Fsp3) is 0.250. The molecule has 0 bridgehead atoms. The van der Waals surface area contributed by atoms with Crippen LogP contribution in [0.3, 0.4) is 0 Å². The highest BCUT2D eigenvalue weighted by Gasteiger charge is 2.05. The summed E-state index contributed by atoms with van der Waals surface area (Å²) in [5.41, 5.74) is 2.09. The van der Waals surface area contributed by atoms with Crippen molar-refractivity contribution in [3.63, 3.8) is 0 Å². The predicted molar refractivity (Wildman–Crippen MR) is 77.6 cm³/mol. The molecule has 2 rings (SSSR count). The van der Waals surface area contributed by atoms with Gasteiger partial charge in [-0.05, 0) is 43.3 Å². The van der Waals surface area contributed by atoms with Crippen molar-refractivity contribution in [2.45, 2.75) is 13.0 Å². The number of halogens is 1. The average molecular weight is 288 g/mol. The maximum Gasteiger partial charge on any atom is 0.337 e. The summed E-state index contributed by atoms with van der Waals surface area (Å²) in [6, 6.07) is 9.76. The van der Waals surface area contributed by atoms with Gasteiger partial charge in [0.15, 0.2) is 0 Å². The molecule has 110 valence electrons. The van der Waals surface area contributed by atoms with Crippen LogP contribution in [0.2, 0.25) is 0 Å². The van der Waals surface area contributed by atoms with E-state index in [4.69, 9.17) is 5.11 Å². The number of benzene rings is 1. The van der Waals surface area contributed by atoms with Crippen molar-refractivity contribution in [1.29, 1.82) is 0 Å². The van der Waals surface area contributed by atoms with Crippen LogP contribution >= 0.6 is 0 Å². The second kappa shape index (κ2) is 6.95. The molecule has 1 N–H and O–H groups in total. The van der Waals surface area contributed by atoms with Gasteiger partial charge in [-0.3, -0.25) is 4.98 Å². The van der Waals surface area contributed by atoms with Gasteiger partial charge in [0.2, 0.25) is 0 Å². The van der Waals surface area contributed by atoms with E-state index in [0.29, 0.717) is 6.54 Å². The van der Waals surface area contributed by atoms with Gasteiger partial charge in [0.1, 0.15) is 5.82 Å². The number of nitrogens with zero attached hydrogens (tertiary/aromatic N) is 2. The Morgan fingerprint density at radius 1 is 1.24 bits per heavy atom. The first-order chi connectivity index (χ1) is 10.0. The molecule has 4 nitrogen and oxygen atoms in total. The number of aromatic nitrogens is 1. The molecule has 0 spiro atoms. The van der Waals surface area contributed by atoms with Crippen molar-refractivity contribution in [2.75, 3.05) is 13.6 Å². The zero-order valence-corrected chi connectivity index (χ0v) is 11.8. The van der Waals surface area contributed by atoms with E-state index in [0.717, 1.165) is 24.2 Å². The summed E-state index contributed by atoms with van der Waals surface area (Å²) in [7, 11) is 1.97. The summed E-state index contributed by atoms with van der Waals surface area (Å²) in [6.07, 6.45) is 2.19. The molecule has 0 fully saturated rings. The number of pyridine rings is 1. The van der Waals surface area contributed by atoms with Crippen molar-refractivity contribution in [2.24, 2.45) is 0 Å². The number of carbonyl (C=O) groups is 1. The number of hydrogen-bond acceptors (Lipinski definition) is 3. The highest BCUT2D eigenvalue weighted by molar-refractivity contribution is 5.87. The fourth-order valence-corrected chi connectivity index (χ4v) is 1.97. The lowest BCUT2D eigenvalue weighted by Crippen LogP contribution is -2.21. The molecule has 1 aromatic carbocycles. The Bertz CT molecular complexity index is 597. The van der Waals surface area contributed by atoms with Crippen molar-refractivity contribution in [3.8, 4) is 0 Å². The van der Waals surface area contributed by atoms with Gasteiger partial charge in [-0.15, -0.1) is 0 Å². The first-order valence-electron chi connectivity index (χ1n) is 6.66. The summed E-state index contributed by atoms with van der Waals surface area (Å²) in [5.74, 6) is -1.20. The smallest absolute Gasteiger partial charge is 0.337 e. The number of aromatic carboxylic acids is 1. The van der Waals surface area contributed by atoms with Crippen LogP contribution in [0.1, 0.15) is 21.6 Å². The molecule has 1 aromatic heterocycles. The zero-order valence-electron chi connectivity index (χ0n) is 11.8. The van der Waals surface area contributed by atoms with Crippen LogP contribution in [0.25, 0.3) is 0 Å². The van der Waals surface area contributed by atoms with Gasteiger partial charge in [-0.2, -0.15) is 0 Å². The maximum atomic E-state index is 12.8. The fourth-order valence-electron chi connectivity index (χ4n) is 1.97. The highest BCUT2D eigenvalue weighted by atomic mass is 19.1. The Kier molecular flexibility index (Phi) is 5.00. The van der Waals surface area contributed by atoms with Gasteiger partial charge >= 0.3 is 5.97 Å². The molecular weight excluding hydrogens is 271 g/mol. The third-order valence-corrected chi connectivity index (χ3v) is 3.20. The van der Waals surface area contributed by atoms with Crippen molar-refractivity contribution in [3.05, 3.63) is 65.2 Å². The summed E-state index contributed by atoms with van der Waals surface area (Å²) in [6.45, 7) is 1.45. The predicted octanol–water partition coefficient (Wildman–Crippen LogP) is 2.59. The number of hydrogen-bond donors (Lipinski definition) is 1. The molecule has 0 saturated heterocycles. The van der Waals surface area contributed by atoms with Crippen LogP contribution in [0.15, 0.2) is 42.6 Å². The van der Waals surface area contributed by atoms with Gasteiger partial charge < -0.3 is 10.0 Å². The summed E-state index contributed by atoms with van der Waals surface area (Å²) < 4.78 is 12.8. The largest absolute Gasteiger partial charge is 0.478 e. The Hall–Kier alpha value is -2.27. The Morgan fingerprint density at radius 2 is 1.95 bits per heavy atom.